The Hall–Kier alpha value is -2.29. The summed E-state index contributed by atoms with van der Waals surface area (Å²) in [5.41, 5.74) is 4.89. The van der Waals surface area contributed by atoms with Gasteiger partial charge in [-0.05, 0) is 37.1 Å². The molecule has 3 rings (SSSR count). The van der Waals surface area contributed by atoms with E-state index >= 15 is 0 Å². The van der Waals surface area contributed by atoms with Gasteiger partial charge >= 0.3 is 0 Å². The maximum atomic E-state index is 10.2. The second-order valence-electron chi connectivity index (χ2n) is 4.91. The van der Waals surface area contributed by atoms with Gasteiger partial charge < -0.3 is 9.67 Å². The van der Waals surface area contributed by atoms with E-state index in [1.165, 1.54) is 5.56 Å². The van der Waals surface area contributed by atoms with Crippen LogP contribution in [0, 0.1) is 13.8 Å². The van der Waals surface area contributed by atoms with E-state index in [-0.39, 0.29) is 0 Å². The molecule has 0 unspecified atom stereocenters. The zero-order valence-electron chi connectivity index (χ0n) is 11.3. The molecule has 1 heterocycles. The fourth-order valence-electron chi connectivity index (χ4n) is 2.55. The molecule has 0 atom stereocenters. The summed E-state index contributed by atoms with van der Waals surface area (Å²) in [4.78, 5) is 4.65. The molecule has 0 saturated carbocycles. The molecule has 0 saturated heterocycles. The molecule has 19 heavy (non-hydrogen) atoms. The summed E-state index contributed by atoms with van der Waals surface area (Å²) in [5.74, 6) is 1.10. The van der Waals surface area contributed by atoms with Crippen molar-refractivity contribution in [1.29, 1.82) is 0 Å². The van der Waals surface area contributed by atoms with Crippen molar-refractivity contribution in [3.05, 3.63) is 47.5 Å². The van der Waals surface area contributed by atoms with Crippen LogP contribution in [0.1, 0.15) is 11.1 Å². The summed E-state index contributed by atoms with van der Waals surface area (Å²) in [6.45, 7) is 3.97. The lowest BCUT2D eigenvalue weighted by Gasteiger charge is -2.07. The highest BCUT2D eigenvalue weighted by atomic mass is 16.3. The molecule has 96 valence electrons. The quantitative estimate of drug-likeness (QED) is 0.719. The highest BCUT2D eigenvalue weighted by molar-refractivity contribution is 5.84. The Bertz CT molecular complexity index is 772. The first-order chi connectivity index (χ1) is 9.09. The number of hydrogen-bond acceptors (Lipinski definition) is 2. The van der Waals surface area contributed by atoms with Crippen molar-refractivity contribution in [2.24, 2.45) is 7.05 Å². The van der Waals surface area contributed by atoms with E-state index in [0.717, 1.165) is 28.0 Å². The van der Waals surface area contributed by atoms with Crippen LogP contribution >= 0.6 is 0 Å². The van der Waals surface area contributed by atoms with E-state index in [1.807, 2.05) is 48.9 Å². The maximum Gasteiger partial charge on any atom is 0.144 e. The fourth-order valence-corrected chi connectivity index (χ4v) is 2.55. The van der Waals surface area contributed by atoms with Crippen molar-refractivity contribution in [3.63, 3.8) is 0 Å². The Kier molecular flexibility index (Phi) is 2.56. The van der Waals surface area contributed by atoms with Crippen LogP contribution in [0.4, 0.5) is 0 Å². The number of phenols is 1. The van der Waals surface area contributed by atoms with Crippen LogP contribution in [0.3, 0.4) is 0 Å². The first-order valence-electron chi connectivity index (χ1n) is 6.30. The molecule has 0 aliphatic heterocycles. The number of aromatic nitrogens is 2. The van der Waals surface area contributed by atoms with Crippen molar-refractivity contribution in [3.8, 4) is 17.1 Å². The number of para-hydroxylation sites is 2. The van der Waals surface area contributed by atoms with Crippen molar-refractivity contribution >= 4 is 11.0 Å². The molecule has 0 radical (unpaired) electrons. The average molecular weight is 252 g/mol. The number of nitrogens with zero attached hydrogens (tertiary/aromatic N) is 2. The summed E-state index contributed by atoms with van der Waals surface area (Å²) >= 11 is 0. The fraction of sp³-hybridized carbons (Fsp3) is 0.188. The van der Waals surface area contributed by atoms with Gasteiger partial charge in [-0.15, -0.1) is 0 Å². The van der Waals surface area contributed by atoms with E-state index in [4.69, 9.17) is 0 Å². The molecule has 1 N–H and O–H groups in total. The van der Waals surface area contributed by atoms with E-state index in [9.17, 15) is 5.11 Å². The number of aryl methyl sites for hydroxylation is 3. The van der Waals surface area contributed by atoms with Gasteiger partial charge in [0.2, 0.25) is 0 Å². The summed E-state index contributed by atoms with van der Waals surface area (Å²) < 4.78 is 2.04. The molecule has 0 fully saturated rings. The number of imidazole rings is 1. The number of hydrogen-bond donors (Lipinski definition) is 1. The Labute approximate surface area is 112 Å². The predicted molar refractivity (Wildman–Crippen MR) is 77.3 cm³/mol. The molecule has 2 aromatic carbocycles. The Balaban J connectivity index is 2.35. The molecule has 3 aromatic rings. The number of aromatic hydroxyl groups is 1. The van der Waals surface area contributed by atoms with E-state index in [0.29, 0.717) is 5.75 Å². The molecule has 0 spiro atoms. The van der Waals surface area contributed by atoms with Crippen LogP contribution in [0.2, 0.25) is 0 Å². The monoisotopic (exact) mass is 252 g/mol. The maximum absolute atomic E-state index is 10.2. The average Bonchev–Trinajstić information content (AvgIpc) is 2.72. The van der Waals surface area contributed by atoms with Crippen molar-refractivity contribution in [2.45, 2.75) is 13.8 Å². The predicted octanol–water partition coefficient (Wildman–Crippen LogP) is 3.56. The SMILES string of the molecule is Cc1cccc(-c2nc3cccc(C)c3n2C)c1O. The van der Waals surface area contributed by atoms with Crippen LogP contribution < -0.4 is 0 Å². The minimum Gasteiger partial charge on any atom is -0.507 e. The summed E-state index contributed by atoms with van der Waals surface area (Å²) in [6, 6.07) is 11.8. The van der Waals surface area contributed by atoms with Gasteiger partial charge in [0, 0.05) is 7.05 Å². The molecule has 3 heteroatoms. The van der Waals surface area contributed by atoms with Gasteiger partial charge in [0.25, 0.3) is 0 Å². The zero-order valence-corrected chi connectivity index (χ0v) is 11.3. The van der Waals surface area contributed by atoms with Crippen LogP contribution in [0.15, 0.2) is 36.4 Å². The van der Waals surface area contributed by atoms with Gasteiger partial charge in [-0.2, -0.15) is 0 Å². The van der Waals surface area contributed by atoms with E-state index in [1.54, 1.807) is 0 Å². The van der Waals surface area contributed by atoms with E-state index < -0.39 is 0 Å². The van der Waals surface area contributed by atoms with Crippen LogP contribution in [0.5, 0.6) is 5.75 Å². The topological polar surface area (TPSA) is 38.0 Å². The summed E-state index contributed by atoms with van der Waals surface area (Å²) in [6.07, 6.45) is 0. The molecule has 0 bridgehead atoms. The third kappa shape index (κ3) is 1.70. The molecule has 0 amide bonds. The Morgan fingerprint density at radius 1 is 1.00 bits per heavy atom. The minimum atomic E-state index is 0.304. The highest BCUT2D eigenvalue weighted by Crippen LogP contribution is 2.33. The lowest BCUT2D eigenvalue weighted by Crippen LogP contribution is -1.94. The largest absolute Gasteiger partial charge is 0.507 e. The van der Waals surface area contributed by atoms with Gasteiger partial charge in [-0.25, -0.2) is 4.98 Å². The number of fused-ring (bicyclic) bond motifs is 1. The second-order valence-corrected chi connectivity index (χ2v) is 4.91. The lowest BCUT2D eigenvalue weighted by molar-refractivity contribution is 0.472. The standard InChI is InChI=1S/C16H16N2O/c1-10-6-5-9-13-14(10)18(3)16(17-13)12-8-4-7-11(2)15(12)19/h4-9,19H,1-3H3. The minimum absolute atomic E-state index is 0.304. The molecular formula is C16H16N2O. The smallest absolute Gasteiger partial charge is 0.144 e. The zero-order chi connectivity index (χ0) is 13.6. The van der Waals surface area contributed by atoms with Crippen LogP contribution in [-0.2, 0) is 7.05 Å². The normalized spacial score (nSPS) is 11.1. The lowest BCUT2D eigenvalue weighted by atomic mass is 10.1. The third-order valence-corrected chi connectivity index (χ3v) is 3.57. The Morgan fingerprint density at radius 3 is 2.42 bits per heavy atom. The molecule has 3 nitrogen and oxygen atoms in total. The molecular weight excluding hydrogens is 236 g/mol. The van der Waals surface area contributed by atoms with Crippen LogP contribution in [-0.4, -0.2) is 14.7 Å². The third-order valence-electron chi connectivity index (χ3n) is 3.57. The van der Waals surface area contributed by atoms with E-state index in [2.05, 4.69) is 18.0 Å². The van der Waals surface area contributed by atoms with Crippen LogP contribution in [0.25, 0.3) is 22.4 Å². The van der Waals surface area contributed by atoms with Gasteiger partial charge in [0.15, 0.2) is 0 Å². The summed E-state index contributed by atoms with van der Waals surface area (Å²) in [5, 5.41) is 10.2. The number of benzene rings is 2. The number of phenolic OH excluding ortho intramolecular Hbond substituents is 1. The molecule has 0 aliphatic rings. The van der Waals surface area contributed by atoms with Crippen molar-refractivity contribution in [1.82, 2.24) is 9.55 Å². The van der Waals surface area contributed by atoms with Gasteiger partial charge in [0.05, 0.1) is 16.6 Å². The summed E-state index contributed by atoms with van der Waals surface area (Å²) in [7, 11) is 1.99. The van der Waals surface area contributed by atoms with Gasteiger partial charge in [-0.1, -0.05) is 24.3 Å². The van der Waals surface area contributed by atoms with Crippen molar-refractivity contribution < 1.29 is 5.11 Å². The molecule has 1 aromatic heterocycles. The second kappa shape index (κ2) is 4.12. The Morgan fingerprint density at radius 2 is 1.68 bits per heavy atom. The first kappa shape index (κ1) is 11.8. The highest BCUT2D eigenvalue weighted by Gasteiger charge is 2.14. The van der Waals surface area contributed by atoms with Gasteiger partial charge in [-0.3, -0.25) is 0 Å². The number of rotatable bonds is 1. The molecule has 0 aliphatic carbocycles. The van der Waals surface area contributed by atoms with Crippen molar-refractivity contribution in [2.75, 3.05) is 0 Å². The van der Waals surface area contributed by atoms with Gasteiger partial charge in [0.1, 0.15) is 11.6 Å². The first-order valence-corrected chi connectivity index (χ1v) is 6.30.